The Bertz CT molecular complexity index is 516. The lowest BCUT2D eigenvalue weighted by atomic mass is 10.2. The van der Waals surface area contributed by atoms with Crippen LogP contribution in [0, 0.1) is 12.7 Å². The number of anilines is 2. The highest BCUT2D eigenvalue weighted by molar-refractivity contribution is 6.30. The summed E-state index contributed by atoms with van der Waals surface area (Å²) in [5, 5.41) is 3.13. The van der Waals surface area contributed by atoms with E-state index in [9.17, 15) is 4.39 Å². The number of aromatic nitrogens is 2. The van der Waals surface area contributed by atoms with Crippen molar-refractivity contribution in [3.63, 3.8) is 0 Å². The van der Waals surface area contributed by atoms with Crippen LogP contribution in [0.5, 0.6) is 0 Å². The number of nitrogens with one attached hydrogen (secondary N) is 1. The SMILES string of the molecule is Cc1ccncc1Nc1ncc(Cl)cc1F. The summed E-state index contributed by atoms with van der Waals surface area (Å²) in [6.45, 7) is 1.90. The monoisotopic (exact) mass is 237 g/mol. The van der Waals surface area contributed by atoms with E-state index in [1.54, 1.807) is 12.4 Å². The van der Waals surface area contributed by atoms with Gasteiger partial charge in [-0.05, 0) is 24.6 Å². The van der Waals surface area contributed by atoms with Crippen LogP contribution in [0.2, 0.25) is 5.02 Å². The van der Waals surface area contributed by atoms with Gasteiger partial charge in [0.2, 0.25) is 0 Å². The van der Waals surface area contributed by atoms with Crippen LogP contribution in [0.3, 0.4) is 0 Å². The van der Waals surface area contributed by atoms with E-state index in [1.807, 2.05) is 13.0 Å². The second-order valence-electron chi connectivity index (χ2n) is 3.30. The fraction of sp³-hybridized carbons (Fsp3) is 0.0909. The Balaban J connectivity index is 2.31. The second kappa shape index (κ2) is 4.45. The summed E-state index contributed by atoms with van der Waals surface area (Å²) in [6.07, 6.45) is 4.68. The maximum atomic E-state index is 13.4. The number of aryl methyl sites for hydroxylation is 1. The van der Waals surface area contributed by atoms with E-state index in [4.69, 9.17) is 11.6 Å². The van der Waals surface area contributed by atoms with Crippen LogP contribution in [-0.2, 0) is 0 Å². The Morgan fingerprint density at radius 2 is 2.19 bits per heavy atom. The lowest BCUT2D eigenvalue weighted by Gasteiger charge is -2.08. The fourth-order valence-corrected chi connectivity index (χ4v) is 1.37. The van der Waals surface area contributed by atoms with Gasteiger partial charge < -0.3 is 5.32 Å². The van der Waals surface area contributed by atoms with E-state index < -0.39 is 5.82 Å². The molecule has 2 rings (SSSR count). The molecule has 0 aliphatic heterocycles. The zero-order chi connectivity index (χ0) is 11.5. The third kappa shape index (κ3) is 2.28. The van der Waals surface area contributed by atoms with Gasteiger partial charge in [-0.1, -0.05) is 11.6 Å². The number of halogens is 2. The second-order valence-corrected chi connectivity index (χ2v) is 3.74. The van der Waals surface area contributed by atoms with Crippen molar-refractivity contribution in [1.29, 1.82) is 0 Å². The lowest BCUT2D eigenvalue weighted by Crippen LogP contribution is -1.98. The first-order valence-electron chi connectivity index (χ1n) is 4.65. The van der Waals surface area contributed by atoms with Gasteiger partial charge >= 0.3 is 0 Å². The highest BCUT2D eigenvalue weighted by Crippen LogP contribution is 2.21. The quantitative estimate of drug-likeness (QED) is 0.871. The largest absolute Gasteiger partial charge is 0.336 e. The van der Waals surface area contributed by atoms with Gasteiger partial charge in [-0.2, -0.15) is 0 Å². The third-order valence-corrected chi connectivity index (χ3v) is 2.31. The highest BCUT2D eigenvalue weighted by atomic mass is 35.5. The molecule has 5 heteroatoms. The predicted octanol–water partition coefficient (Wildman–Crippen LogP) is 3.32. The summed E-state index contributed by atoms with van der Waals surface area (Å²) in [6, 6.07) is 3.04. The first kappa shape index (κ1) is 10.8. The van der Waals surface area contributed by atoms with E-state index >= 15 is 0 Å². The van der Waals surface area contributed by atoms with Gasteiger partial charge in [-0.15, -0.1) is 0 Å². The average Bonchev–Trinajstić information content (AvgIpc) is 2.25. The summed E-state index contributed by atoms with van der Waals surface area (Å²) < 4.78 is 13.4. The maximum absolute atomic E-state index is 13.4. The molecular formula is C11H9ClFN3. The van der Waals surface area contributed by atoms with Crippen LogP contribution in [-0.4, -0.2) is 9.97 Å². The average molecular weight is 238 g/mol. The minimum absolute atomic E-state index is 0.139. The van der Waals surface area contributed by atoms with E-state index in [2.05, 4.69) is 15.3 Å². The first-order valence-corrected chi connectivity index (χ1v) is 5.03. The van der Waals surface area contributed by atoms with Crippen molar-refractivity contribution < 1.29 is 4.39 Å². The molecule has 0 saturated heterocycles. The molecule has 0 atom stereocenters. The van der Waals surface area contributed by atoms with Crippen molar-refractivity contribution >= 4 is 23.1 Å². The van der Waals surface area contributed by atoms with Crippen molar-refractivity contribution in [2.75, 3.05) is 5.32 Å². The topological polar surface area (TPSA) is 37.8 Å². The standard InChI is InChI=1S/C11H9ClFN3/c1-7-2-3-14-6-10(7)16-11-9(13)4-8(12)5-15-11/h2-6H,1H3,(H,15,16). The van der Waals surface area contributed by atoms with Gasteiger partial charge in [0.25, 0.3) is 0 Å². The molecule has 0 unspecified atom stereocenters. The number of rotatable bonds is 2. The predicted molar refractivity (Wildman–Crippen MR) is 61.5 cm³/mol. The molecule has 0 bridgehead atoms. The molecule has 3 nitrogen and oxygen atoms in total. The van der Waals surface area contributed by atoms with E-state index in [0.717, 1.165) is 11.3 Å². The van der Waals surface area contributed by atoms with E-state index in [1.165, 1.54) is 12.3 Å². The van der Waals surface area contributed by atoms with Crippen molar-refractivity contribution in [3.05, 3.63) is 47.1 Å². The molecule has 0 amide bonds. The molecule has 2 aromatic heterocycles. The molecule has 0 aliphatic carbocycles. The summed E-state index contributed by atoms with van der Waals surface area (Å²) in [4.78, 5) is 7.82. The Morgan fingerprint density at radius 3 is 2.88 bits per heavy atom. The minimum atomic E-state index is -0.490. The summed E-state index contributed by atoms with van der Waals surface area (Å²) >= 11 is 5.61. The van der Waals surface area contributed by atoms with Crippen molar-refractivity contribution in [1.82, 2.24) is 9.97 Å². The number of pyridine rings is 2. The molecule has 2 aromatic rings. The summed E-state index contributed by atoms with van der Waals surface area (Å²) in [5.74, 6) is -0.351. The lowest BCUT2D eigenvalue weighted by molar-refractivity contribution is 0.626. The zero-order valence-electron chi connectivity index (χ0n) is 8.54. The zero-order valence-corrected chi connectivity index (χ0v) is 9.29. The molecule has 0 aromatic carbocycles. The Hall–Kier alpha value is -1.68. The molecule has 2 heterocycles. The molecule has 0 radical (unpaired) electrons. The molecule has 0 aliphatic rings. The molecule has 0 saturated carbocycles. The van der Waals surface area contributed by atoms with Crippen molar-refractivity contribution in [2.45, 2.75) is 6.92 Å². The van der Waals surface area contributed by atoms with Gasteiger partial charge in [0, 0.05) is 12.4 Å². The molecular weight excluding hydrogens is 229 g/mol. The van der Waals surface area contributed by atoms with E-state index in [-0.39, 0.29) is 10.8 Å². The van der Waals surface area contributed by atoms with Crippen LogP contribution in [0.4, 0.5) is 15.9 Å². The van der Waals surface area contributed by atoms with Gasteiger partial charge in [-0.25, -0.2) is 9.37 Å². The Kier molecular flexibility index (Phi) is 3.01. The number of nitrogens with zero attached hydrogens (tertiary/aromatic N) is 2. The molecule has 1 N–H and O–H groups in total. The van der Waals surface area contributed by atoms with Crippen LogP contribution in [0.25, 0.3) is 0 Å². The third-order valence-electron chi connectivity index (χ3n) is 2.10. The van der Waals surface area contributed by atoms with Crippen molar-refractivity contribution in [3.8, 4) is 0 Å². The van der Waals surface area contributed by atoms with Crippen LogP contribution in [0.1, 0.15) is 5.56 Å². The summed E-state index contributed by atoms with van der Waals surface area (Å²) in [5.41, 5.74) is 1.68. The smallest absolute Gasteiger partial charge is 0.167 e. The fourth-order valence-electron chi connectivity index (χ4n) is 1.23. The highest BCUT2D eigenvalue weighted by Gasteiger charge is 2.06. The van der Waals surface area contributed by atoms with Gasteiger partial charge in [0.15, 0.2) is 11.6 Å². The normalized spacial score (nSPS) is 10.2. The van der Waals surface area contributed by atoms with Crippen LogP contribution in [0.15, 0.2) is 30.7 Å². The maximum Gasteiger partial charge on any atom is 0.167 e. The summed E-state index contributed by atoms with van der Waals surface area (Å²) in [7, 11) is 0. The molecule has 82 valence electrons. The molecule has 16 heavy (non-hydrogen) atoms. The van der Waals surface area contributed by atoms with Crippen LogP contribution >= 0.6 is 11.6 Å². The first-order chi connectivity index (χ1) is 7.66. The van der Waals surface area contributed by atoms with Gasteiger partial charge in [0.1, 0.15) is 0 Å². The van der Waals surface area contributed by atoms with Gasteiger partial charge in [-0.3, -0.25) is 4.98 Å². The molecule has 0 fully saturated rings. The van der Waals surface area contributed by atoms with Crippen LogP contribution < -0.4 is 5.32 Å². The number of hydrogen-bond acceptors (Lipinski definition) is 3. The Morgan fingerprint density at radius 1 is 1.38 bits per heavy atom. The Labute approximate surface area is 97.3 Å². The van der Waals surface area contributed by atoms with Gasteiger partial charge in [0.05, 0.1) is 16.9 Å². The van der Waals surface area contributed by atoms with Crippen molar-refractivity contribution in [2.24, 2.45) is 0 Å². The van der Waals surface area contributed by atoms with E-state index in [0.29, 0.717) is 0 Å². The number of hydrogen-bond donors (Lipinski definition) is 1. The molecule has 0 spiro atoms. The minimum Gasteiger partial charge on any atom is -0.336 e.